The molecule has 0 bridgehead atoms. The van der Waals surface area contributed by atoms with Gasteiger partial charge in [0, 0.05) is 10.9 Å². The quantitative estimate of drug-likeness (QED) is 0.685. The molecule has 1 N–H and O–H groups in total. The summed E-state index contributed by atoms with van der Waals surface area (Å²) in [5.74, 6) is -1.09. The Bertz CT molecular complexity index is 918. The van der Waals surface area contributed by atoms with Crippen LogP contribution < -0.4 is 0 Å². The molecule has 1 aromatic heterocycles. The summed E-state index contributed by atoms with van der Waals surface area (Å²) in [4.78, 5) is 15.5. The number of carboxylic acid groups (broad SMARTS) is 1. The van der Waals surface area contributed by atoms with Gasteiger partial charge in [-0.05, 0) is 36.2 Å². The van der Waals surface area contributed by atoms with Gasteiger partial charge in [-0.1, -0.05) is 54.1 Å². The molecule has 0 saturated heterocycles. The Hall–Kier alpha value is -2.65. The molecule has 0 amide bonds. The number of aromatic nitrogens is 1. The second-order valence-corrected chi connectivity index (χ2v) is 5.70. The van der Waals surface area contributed by atoms with Gasteiger partial charge in [-0.2, -0.15) is 0 Å². The predicted octanol–water partition coefficient (Wildman–Crippen LogP) is 5.07. The van der Waals surface area contributed by atoms with Gasteiger partial charge in [0.05, 0.1) is 10.5 Å². The molecular formula is C19H14ClNO2. The molecule has 3 aromatic rings. The van der Waals surface area contributed by atoms with Crippen molar-refractivity contribution in [2.45, 2.75) is 6.92 Å². The van der Waals surface area contributed by atoms with Gasteiger partial charge in [0.25, 0.3) is 0 Å². The fraction of sp³-hybridized carbons (Fsp3) is 0.0526. The Morgan fingerprint density at radius 3 is 2.57 bits per heavy atom. The first-order chi connectivity index (χ1) is 11.0. The standard InChI is InChI=1S/C19H14ClNO2/c1-12-9-14(8-7-13-5-3-2-4-6-13)18-15(10-12)16(20)11-17(21-18)19(22)23/h2-11H,1H3,(H,22,23)/b8-7+. The van der Waals surface area contributed by atoms with Crippen molar-refractivity contribution < 1.29 is 9.90 Å². The molecule has 0 saturated carbocycles. The second-order valence-electron chi connectivity index (χ2n) is 5.29. The van der Waals surface area contributed by atoms with Crippen LogP contribution in [0.4, 0.5) is 0 Å². The van der Waals surface area contributed by atoms with E-state index in [9.17, 15) is 9.90 Å². The number of pyridine rings is 1. The zero-order valence-electron chi connectivity index (χ0n) is 12.5. The van der Waals surface area contributed by atoms with E-state index < -0.39 is 5.97 Å². The van der Waals surface area contributed by atoms with Crippen LogP contribution in [0.2, 0.25) is 5.02 Å². The Kier molecular flexibility index (Phi) is 4.13. The van der Waals surface area contributed by atoms with Gasteiger partial charge >= 0.3 is 5.97 Å². The second kappa shape index (κ2) is 6.23. The van der Waals surface area contributed by atoms with Crippen LogP contribution in [0.5, 0.6) is 0 Å². The van der Waals surface area contributed by atoms with Crippen molar-refractivity contribution in [2.24, 2.45) is 0 Å². The number of aromatic carboxylic acids is 1. The molecule has 1 heterocycles. The van der Waals surface area contributed by atoms with E-state index in [0.717, 1.165) is 22.1 Å². The largest absolute Gasteiger partial charge is 0.477 e. The van der Waals surface area contributed by atoms with E-state index in [2.05, 4.69) is 4.98 Å². The molecule has 0 aliphatic rings. The summed E-state index contributed by atoms with van der Waals surface area (Å²) in [6.07, 6.45) is 3.90. The SMILES string of the molecule is Cc1cc(/C=C/c2ccccc2)c2nc(C(=O)O)cc(Cl)c2c1. The first-order valence-electron chi connectivity index (χ1n) is 7.12. The zero-order chi connectivity index (χ0) is 16.4. The van der Waals surface area contributed by atoms with Crippen molar-refractivity contribution in [3.8, 4) is 0 Å². The molecule has 4 heteroatoms. The van der Waals surface area contributed by atoms with E-state index in [-0.39, 0.29) is 5.69 Å². The smallest absolute Gasteiger partial charge is 0.354 e. The van der Waals surface area contributed by atoms with Crippen molar-refractivity contribution in [3.05, 3.63) is 75.9 Å². The molecule has 114 valence electrons. The Balaban J connectivity index is 2.19. The number of rotatable bonds is 3. The fourth-order valence-corrected chi connectivity index (χ4v) is 2.70. The molecule has 0 atom stereocenters. The predicted molar refractivity (Wildman–Crippen MR) is 93.8 cm³/mol. The summed E-state index contributed by atoms with van der Waals surface area (Å²) in [7, 11) is 0. The maximum absolute atomic E-state index is 11.2. The average Bonchev–Trinajstić information content (AvgIpc) is 2.54. The van der Waals surface area contributed by atoms with Crippen LogP contribution in [-0.4, -0.2) is 16.1 Å². The molecule has 0 aliphatic carbocycles. The van der Waals surface area contributed by atoms with Gasteiger partial charge in [0.2, 0.25) is 0 Å². The van der Waals surface area contributed by atoms with Gasteiger partial charge in [-0.3, -0.25) is 0 Å². The summed E-state index contributed by atoms with van der Waals surface area (Å²) in [6.45, 7) is 1.97. The van der Waals surface area contributed by atoms with Gasteiger partial charge < -0.3 is 5.11 Å². The third kappa shape index (κ3) is 3.25. The summed E-state index contributed by atoms with van der Waals surface area (Å²) >= 11 is 6.24. The van der Waals surface area contributed by atoms with Crippen molar-refractivity contribution >= 4 is 40.6 Å². The zero-order valence-corrected chi connectivity index (χ0v) is 13.2. The van der Waals surface area contributed by atoms with Crippen LogP contribution in [0, 0.1) is 6.92 Å². The number of aryl methyl sites for hydroxylation is 1. The van der Waals surface area contributed by atoms with Crippen LogP contribution in [0.15, 0.2) is 48.5 Å². The molecule has 0 radical (unpaired) electrons. The van der Waals surface area contributed by atoms with Gasteiger partial charge in [0.15, 0.2) is 0 Å². The van der Waals surface area contributed by atoms with Gasteiger partial charge in [-0.15, -0.1) is 0 Å². The molecule has 0 fully saturated rings. The fourth-order valence-electron chi connectivity index (χ4n) is 2.45. The Morgan fingerprint density at radius 1 is 1.13 bits per heavy atom. The number of benzene rings is 2. The van der Waals surface area contributed by atoms with Crippen molar-refractivity contribution in [1.82, 2.24) is 4.98 Å². The lowest BCUT2D eigenvalue weighted by Crippen LogP contribution is -2.01. The van der Waals surface area contributed by atoms with Gasteiger partial charge in [0.1, 0.15) is 5.69 Å². The third-order valence-electron chi connectivity index (χ3n) is 3.51. The first-order valence-corrected chi connectivity index (χ1v) is 7.50. The van der Waals surface area contributed by atoms with Crippen molar-refractivity contribution in [1.29, 1.82) is 0 Å². The molecule has 3 nitrogen and oxygen atoms in total. The van der Waals surface area contributed by atoms with Crippen molar-refractivity contribution in [3.63, 3.8) is 0 Å². The Morgan fingerprint density at radius 2 is 1.87 bits per heavy atom. The minimum atomic E-state index is -1.09. The topological polar surface area (TPSA) is 50.2 Å². The minimum absolute atomic E-state index is 0.0549. The van der Waals surface area contributed by atoms with Crippen LogP contribution in [0.3, 0.4) is 0 Å². The highest BCUT2D eigenvalue weighted by molar-refractivity contribution is 6.35. The summed E-state index contributed by atoms with van der Waals surface area (Å²) in [6, 6.07) is 15.1. The van der Waals surface area contributed by atoms with E-state index >= 15 is 0 Å². The Labute approximate surface area is 138 Å². The van der Waals surface area contributed by atoms with E-state index in [0.29, 0.717) is 10.5 Å². The van der Waals surface area contributed by atoms with Gasteiger partial charge in [-0.25, -0.2) is 9.78 Å². The first kappa shape index (κ1) is 15.3. The van der Waals surface area contributed by atoms with E-state index in [4.69, 9.17) is 11.6 Å². The van der Waals surface area contributed by atoms with Crippen LogP contribution in [-0.2, 0) is 0 Å². The number of carboxylic acids is 1. The van der Waals surface area contributed by atoms with Crippen LogP contribution in [0.1, 0.15) is 27.2 Å². The molecule has 3 rings (SSSR count). The molecule has 0 spiro atoms. The molecule has 23 heavy (non-hydrogen) atoms. The van der Waals surface area contributed by atoms with Crippen LogP contribution in [0.25, 0.3) is 23.1 Å². The maximum atomic E-state index is 11.2. The number of halogens is 1. The third-order valence-corrected chi connectivity index (χ3v) is 3.82. The maximum Gasteiger partial charge on any atom is 0.354 e. The number of hydrogen-bond donors (Lipinski definition) is 1. The summed E-state index contributed by atoms with van der Waals surface area (Å²) < 4.78 is 0. The lowest BCUT2D eigenvalue weighted by Gasteiger charge is -2.07. The molecule has 0 unspecified atom stereocenters. The highest BCUT2D eigenvalue weighted by Crippen LogP contribution is 2.28. The minimum Gasteiger partial charge on any atom is -0.477 e. The molecule has 0 aliphatic heterocycles. The number of hydrogen-bond acceptors (Lipinski definition) is 2. The van der Waals surface area contributed by atoms with Crippen molar-refractivity contribution in [2.75, 3.05) is 0 Å². The van der Waals surface area contributed by atoms with E-state index in [1.165, 1.54) is 6.07 Å². The van der Waals surface area contributed by atoms with E-state index in [1.807, 2.05) is 61.5 Å². The lowest BCUT2D eigenvalue weighted by atomic mass is 10.0. The van der Waals surface area contributed by atoms with E-state index in [1.54, 1.807) is 0 Å². The normalized spacial score (nSPS) is 11.2. The lowest BCUT2D eigenvalue weighted by molar-refractivity contribution is 0.0691. The number of nitrogens with zero attached hydrogens (tertiary/aromatic N) is 1. The number of carbonyl (C=O) groups is 1. The molecular weight excluding hydrogens is 310 g/mol. The summed E-state index contributed by atoms with van der Waals surface area (Å²) in [5, 5.41) is 10.3. The number of fused-ring (bicyclic) bond motifs is 1. The highest BCUT2D eigenvalue weighted by Gasteiger charge is 2.12. The molecule has 2 aromatic carbocycles. The summed E-state index contributed by atoms with van der Waals surface area (Å²) in [5.41, 5.74) is 3.47. The monoisotopic (exact) mass is 323 g/mol. The van der Waals surface area contributed by atoms with Crippen LogP contribution >= 0.6 is 11.6 Å². The average molecular weight is 324 g/mol. The highest BCUT2D eigenvalue weighted by atomic mass is 35.5.